The lowest BCUT2D eigenvalue weighted by atomic mass is 9.99. The van der Waals surface area contributed by atoms with Gasteiger partial charge >= 0.3 is 6.18 Å². The van der Waals surface area contributed by atoms with Gasteiger partial charge < -0.3 is 5.32 Å². The Bertz CT molecular complexity index is 397. The second-order valence-corrected chi connectivity index (χ2v) is 4.59. The summed E-state index contributed by atoms with van der Waals surface area (Å²) in [5.74, 6) is 0. The van der Waals surface area contributed by atoms with Crippen molar-refractivity contribution in [3.63, 3.8) is 0 Å². The van der Waals surface area contributed by atoms with E-state index in [-0.39, 0.29) is 0 Å². The number of aryl methyl sites for hydroxylation is 1. The summed E-state index contributed by atoms with van der Waals surface area (Å²) in [6.45, 7) is 3.81. The van der Waals surface area contributed by atoms with Gasteiger partial charge in [0, 0.05) is 26.2 Å². The third-order valence-electron chi connectivity index (χ3n) is 3.31. The number of halogens is 3. The highest BCUT2D eigenvalue weighted by Crippen LogP contribution is 2.38. The number of alkyl halides is 3. The Balaban J connectivity index is 2.34. The van der Waals surface area contributed by atoms with Crippen LogP contribution in [0.1, 0.15) is 17.2 Å². The molecular weight excluding hydrogens is 241 g/mol. The molecule has 1 aliphatic rings. The molecule has 1 aromatic rings. The van der Waals surface area contributed by atoms with E-state index < -0.39 is 12.2 Å². The summed E-state index contributed by atoms with van der Waals surface area (Å²) in [5.41, 5.74) is 1.06. The molecule has 0 amide bonds. The van der Waals surface area contributed by atoms with Crippen molar-refractivity contribution >= 4 is 0 Å². The van der Waals surface area contributed by atoms with E-state index in [1.165, 1.54) is 4.90 Å². The highest BCUT2D eigenvalue weighted by atomic mass is 19.4. The average Bonchev–Trinajstić information content (AvgIpc) is 2.32. The van der Waals surface area contributed by atoms with Gasteiger partial charge in [0.25, 0.3) is 0 Å². The summed E-state index contributed by atoms with van der Waals surface area (Å²) in [7, 11) is 0. The normalized spacial score (nSPS) is 19.8. The minimum atomic E-state index is -4.23. The van der Waals surface area contributed by atoms with Crippen molar-refractivity contribution in [2.75, 3.05) is 26.2 Å². The highest BCUT2D eigenvalue weighted by molar-refractivity contribution is 5.30. The Kier molecular flexibility index (Phi) is 3.92. The zero-order chi connectivity index (χ0) is 13.2. The molecule has 0 radical (unpaired) electrons. The molecule has 0 spiro atoms. The average molecular weight is 258 g/mol. The lowest BCUT2D eigenvalue weighted by Gasteiger charge is -2.36. The van der Waals surface area contributed by atoms with Crippen LogP contribution in [0.5, 0.6) is 0 Å². The smallest absolute Gasteiger partial charge is 0.314 e. The lowest BCUT2D eigenvalue weighted by Crippen LogP contribution is -2.49. The molecule has 1 heterocycles. The minimum absolute atomic E-state index is 0.368. The van der Waals surface area contributed by atoms with Gasteiger partial charge in [-0.2, -0.15) is 13.2 Å². The van der Waals surface area contributed by atoms with Gasteiger partial charge in [-0.25, -0.2) is 0 Å². The fraction of sp³-hybridized carbons (Fsp3) is 0.538. The van der Waals surface area contributed by atoms with Gasteiger partial charge in [-0.3, -0.25) is 4.90 Å². The summed E-state index contributed by atoms with van der Waals surface area (Å²) in [6.07, 6.45) is -4.23. The SMILES string of the molecule is Cc1ccccc1[C@@H](N1CCNCC1)C(F)(F)F. The van der Waals surface area contributed by atoms with Crippen LogP contribution in [0.2, 0.25) is 0 Å². The van der Waals surface area contributed by atoms with E-state index in [2.05, 4.69) is 5.32 Å². The number of hydrogen-bond donors (Lipinski definition) is 1. The van der Waals surface area contributed by atoms with Gasteiger partial charge in [0.1, 0.15) is 6.04 Å². The molecular formula is C13H17F3N2. The van der Waals surface area contributed by atoms with E-state index in [9.17, 15) is 13.2 Å². The Labute approximate surface area is 105 Å². The monoisotopic (exact) mass is 258 g/mol. The van der Waals surface area contributed by atoms with Crippen LogP contribution in [0.4, 0.5) is 13.2 Å². The van der Waals surface area contributed by atoms with Crippen LogP contribution in [0.25, 0.3) is 0 Å². The number of rotatable bonds is 2. The lowest BCUT2D eigenvalue weighted by molar-refractivity contribution is -0.188. The van der Waals surface area contributed by atoms with Crippen LogP contribution in [-0.2, 0) is 0 Å². The topological polar surface area (TPSA) is 15.3 Å². The van der Waals surface area contributed by atoms with E-state index >= 15 is 0 Å². The Morgan fingerprint density at radius 2 is 1.78 bits per heavy atom. The van der Waals surface area contributed by atoms with Crippen LogP contribution < -0.4 is 5.32 Å². The fourth-order valence-electron chi connectivity index (χ4n) is 2.41. The predicted molar refractivity (Wildman–Crippen MR) is 64.4 cm³/mol. The second-order valence-electron chi connectivity index (χ2n) is 4.59. The largest absolute Gasteiger partial charge is 0.408 e. The van der Waals surface area contributed by atoms with Crippen LogP contribution in [-0.4, -0.2) is 37.3 Å². The Hall–Kier alpha value is -1.07. The van der Waals surface area contributed by atoms with Crippen LogP contribution >= 0.6 is 0 Å². The van der Waals surface area contributed by atoms with Gasteiger partial charge in [0.15, 0.2) is 0 Å². The Morgan fingerprint density at radius 1 is 1.17 bits per heavy atom. The molecule has 1 fully saturated rings. The standard InChI is InChI=1S/C13H17F3N2/c1-10-4-2-3-5-11(10)12(13(14,15)16)18-8-6-17-7-9-18/h2-5,12,17H,6-9H2,1H3/t12-/m1/s1. The molecule has 2 rings (SSSR count). The van der Waals surface area contributed by atoms with Crippen molar-refractivity contribution in [3.05, 3.63) is 35.4 Å². The van der Waals surface area contributed by atoms with Crippen molar-refractivity contribution in [1.29, 1.82) is 0 Å². The summed E-state index contributed by atoms with van der Waals surface area (Å²) < 4.78 is 39.9. The molecule has 0 unspecified atom stereocenters. The molecule has 0 saturated carbocycles. The van der Waals surface area contributed by atoms with E-state index in [1.807, 2.05) is 0 Å². The molecule has 2 nitrogen and oxygen atoms in total. The summed E-state index contributed by atoms with van der Waals surface area (Å²) >= 11 is 0. The van der Waals surface area contributed by atoms with Crippen LogP contribution in [0.15, 0.2) is 24.3 Å². The summed E-state index contributed by atoms with van der Waals surface area (Å²) in [6, 6.07) is 5.26. The predicted octanol–water partition coefficient (Wildman–Crippen LogP) is 2.50. The van der Waals surface area contributed by atoms with Gasteiger partial charge in [0.05, 0.1) is 0 Å². The Morgan fingerprint density at radius 3 is 2.33 bits per heavy atom. The number of benzene rings is 1. The molecule has 5 heteroatoms. The first-order valence-electron chi connectivity index (χ1n) is 6.07. The molecule has 100 valence electrons. The third kappa shape index (κ3) is 2.84. The molecule has 1 aliphatic heterocycles. The summed E-state index contributed by atoms with van der Waals surface area (Å²) in [4.78, 5) is 1.51. The maximum Gasteiger partial charge on any atom is 0.408 e. The molecule has 1 saturated heterocycles. The van der Waals surface area contributed by atoms with Crippen molar-refractivity contribution in [1.82, 2.24) is 10.2 Å². The number of nitrogens with zero attached hydrogens (tertiary/aromatic N) is 1. The first-order chi connectivity index (χ1) is 8.50. The first kappa shape index (κ1) is 13.4. The number of hydrogen-bond acceptors (Lipinski definition) is 2. The summed E-state index contributed by atoms with van der Waals surface area (Å²) in [5, 5.41) is 3.08. The van der Waals surface area contributed by atoms with Crippen molar-refractivity contribution in [2.45, 2.75) is 19.1 Å². The molecule has 1 N–H and O–H groups in total. The zero-order valence-corrected chi connectivity index (χ0v) is 10.3. The fourth-order valence-corrected chi connectivity index (χ4v) is 2.41. The molecule has 0 aromatic heterocycles. The van der Waals surface area contributed by atoms with Gasteiger partial charge in [-0.1, -0.05) is 24.3 Å². The van der Waals surface area contributed by atoms with Crippen LogP contribution in [0.3, 0.4) is 0 Å². The van der Waals surface area contributed by atoms with E-state index in [0.29, 0.717) is 37.3 Å². The number of nitrogens with one attached hydrogen (secondary N) is 1. The van der Waals surface area contributed by atoms with E-state index in [0.717, 1.165) is 0 Å². The molecule has 0 aliphatic carbocycles. The van der Waals surface area contributed by atoms with Crippen molar-refractivity contribution in [2.24, 2.45) is 0 Å². The van der Waals surface area contributed by atoms with Gasteiger partial charge in [-0.05, 0) is 18.1 Å². The van der Waals surface area contributed by atoms with Gasteiger partial charge in [0.2, 0.25) is 0 Å². The molecule has 1 atom stereocenters. The highest BCUT2D eigenvalue weighted by Gasteiger charge is 2.45. The quantitative estimate of drug-likeness (QED) is 0.876. The third-order valence-corrected chi connectivity index (χ3v) is 3.31. The zero-order valence-electron chi connectivity index (χ0n) is 10.3. The van der Waals surface area contributed by atoms with Crippen molar-refractivity contribution < 1.29 is 13.2 Å². The first-order valence-corrected chi connectivity index (χ1v) is 6.07. The number of piperazine rings is 1. The maximum atomic E-state index is 13.3. The van der Waals surface area contributed by atoms with Crippen molar-refractivity contribution in [3.8, 4) is 0 Å². The second kappa shape index (κ2) is 5.28. The molecule has 0 bridgehead atoms. The molecule has 1 aromatic carbocycles. The van der Waals surface area contributed by atoms with E-state index in [4.69, 9.17) is 0 Å². The van der Waals surface area contributed by atoms with E-state index in [1.54, 1.807) is 31.2 Å². The molecule has 18 heavy (non-hydrogen) atoms. The maximum absolute atomic E-state index is 13.3. The van der Waals surface area contributed by atoms with Gasteiger partial charge in [-0.15, -0.1) is 0 Å². The van der Waals surface area contributed by atoms with Crippen LogP contribution in [0, 0.1) is 6.92 Å². The minimum Gasteiger partial charge on any atom is -0.314 e.